The molecule has 1 N–H and O–H groups in total. The molecule has 184 valence electrons. The molecule has 1 aliphatic rings. The zero-order valence-corrected chi connectivity index (χ0v) is 19.5. The topological polar surface area (TPSA) is 131 Å². The molecule has 0 unspecified atom stereocenters. The first-order valence-corrected chi connectivity index (χ1v) is 11.8. The molecule has 0 aliphatic carbocycles. The van der Waals surface area contributed by atoms with Gasteiger partial charge < -0.3 is 14.8 Å². The predicted molar refractivity (Wildman–Crippen MR) is 120 cm³/mol. The van der Waals surface area contributed by atoms with E-state index in [1.165, 1.54) is 36.7 Å². The van der Waals surface area contributed by atoms with Crippen LogP contribution in [-0.4, -0.2) is 81.9 Å². The zero-order chi connectivity index (χ0) is 24.9. The molecule has 3 rings (SSSR count). The Bertz CT molecular complexity index is 1150. The van der Waals surface area contributed by atoms with Gasteiger partial charge in [0, 0.05) is 45.3 Å². The number of nitrogens with zero attached hydrogens (tertiary/aromatic N) is 3. The molecule has 1 fully saturated rings. The van der Waals surface area contributed by atoms with Crippen molar-refractivity contribution in [3.8, 4) is 11.5 Å². The van der Waals surface area contributed by atoms with E-state index in [4.69, 9.17) is 9.47 Å². The van der Waals surface area contributed by atoms with Crippen LogP contribution in [0.5, 0.6) is 11.5 Å². The van der Waals surface area contributed by atoms with Gasteiger partial charge in [0.1, 0.15) is 11.4 Å². The standard InChI is InChI=1S/C21H25FN4O7S/c1-32-19-13-17(18(26(28)29)14-20(19)33-2)21(27)23-7-8-24-9-11-25(12-10-24)34(30,31)16-5-3-15(22)4-6-16/h3-6,13-14H,7-12H2,1-2H3,(H,23,27). The summed E-state index contributed by atoms with van der Waals surface area (Å²) in [6.45, 7) is 2.00. The van der Waals surface area contributed by atoms with Gasteiger partial charge in [-0.1, -0.05) is 0 Å². The zero-order valence-electron chi connectivity index (χ0n) is 18.7. The number of ether oxygens (including phenoxy) is 2. The summed E-state index contributed by atoms with van der Waals surface area (Å²) in [4.78, 5) is 25.3. The van der Waals surface area contributed by atoms with Crippen molar-refractivity contribution in [2.24, 2.45) is 0 Å². The number of carbonyl (C=O) groups excluding carboxylic acids is 1. The number of benzene rings is 2. The Kier molecular flexibility index (Phi) is 8.02. The van der Waals surface area contributed by atoms with Crippen LogP contribution in [0.3, 0.4) is 0 Å². The number of hydrogen-bond donors (Lipinski definition) is 1. The van der Waals surface area contributed by atoms with Crippen LogP contribution in [0.2, 0.25) is 0 Å². The number of nitrogens with one attached hydrogen (secondary N) is 1. The fraction of sp³-hybridized carbons (Fsp3) is 0.381. The largest absolute Gasteiger partial charge is 0.493 e. The molecule has 1 aliphatic heterocycles. The summed E-state index contributed by atoms with van der Waals surface area (Å²) in [5.41, 5.74) is -0.562. The number of rotatable bonds is 9. The van der Waals surface area contributed by atoms with Gasteiger partial charge in [-0.25, -0.2) is 12.8 Å². The highest BCUT2D eigenvalue weighted by atomic mass is 32.2. The van der Waals surface area contributed by atoms with Gasteiger partial charge in [-0.3, -0.25) is 19.8 Å². The highest BCUT2D eigenvalue weighted by Crippen LogP contribution is 2.34. The quantitative estimate of drug-likeness (QED) is 0.408. The van der Waals surface area contributed by atoms with Crippen molar-refractivity contribution in [1.29, 1.82) is 0 Å². The Morgan fingerprint density at radius 3 is 2.24 bits per heavy atom. The minimum atomic E-state index is -3.71. The smallest absolute Gasteiger partial charge is 0.286 e. The second-order valence-electron chi connectivity index (χ2n) is 7.44. The van der Waals surface area contributed by atoms with Crippen molar-refractivity contribution < 1.29 is 32.0 Å². The van der Waals surface area contributed by atoms with Crippen LogP contribution in [0, 0.1) is 15.9 Å². The highest BCUT2D eigenvalue weighted by Gasteiger charge is 2.29. The van der Waals surface area contributed by atoms with E-state index in [-0.39, 0.29) is 41.6 Å². The van der Waals surface area contributed by atoms with Crippen molar-refractivity contribution >= 4 is 21.6 Å². The lowest BCUT2D eigenvalue weighted by Gasteiger charge is -2.33. The Morgan fingerprint density at radius 1 is 1.09 bits per heavy atom. The number of halogens is 1. The van der Waals surface area contributed by atoms with E-state index in [2.05, 4.69) is 5.32 Å². The molecule has 0 radical (unpaired) electrons. The Morgan fingerprint density at radius 2 is 1.68 bits per heavy atom. The second-order valence-corrected chi connectivity index (χ2v) is 9.37. The van der Waals surface area contributed by atoms with Gasteiger partial charge in [0.2, 0.25) is 10.0 Å². The van der Waals surface area contributed by atoms with Crippen molar-refractivity contribution in [1.82, 2.24) is 14.5 Å². The van der Waals surface area contributed by atoms with Crippen molar-refractivity contribution in [3.05, 3.63) is 57.9 Å². The SMILES string of the molecule is COc1cc(C(=O)NCCN2CCN(S(=O)(=O)c3ccc(F)cc3)CC2)c([N+](=O)[O-])cc1OC. The second kappa shape index (κ2) is 10.8. The minimum Gasteiger partial charge on any atom is -0.493 e. The van der Waals surface area contributed by atoms with Crippen molar-refractivity contribution in [2.45, 2.75) is 4.90 Å². The van der Waals surface area contributed by atoms with Gasteiger partial charge in [0.05, 0.1) is 30.1 Å². The Labute approximate surface area is 196 Å². The van der Waals surface area contributed by atoms with Crippen LogP contribution in [-0.2, 0) is 10.0 Å². The number of hydrogen-bond acceptors (Lipinski definition) is 8. The normalized spacial score (nSPS) is 15.0. The molecule has 2 aromatic carbocycles. The van der Waals surface area contributed by atoms with Gasteiger partial charge in [-0.05, 0) is 24.3 Å². The summed E-state index contributed by atoms with van der Waals surface area (Å²) in [5, 5.41) is 14.0. The number of nitro benzene ring substituents is 1. The molecule has 0 aromatic heterocycles. The van der Waals surface area contributed by atoms with Crippen LogP contribution in [0.4, 0.5) is 10.1 Å². The lowest BCUT2D eigenvalue weighted by atomic mass is 10.1. The van der Waals surface area contributed by atoms with Crippen molar-refractivity contribution in [3.63, 3.8) is 0 Å². The number of methoxy groups -OCH3 is 2. The summed E-state index contributed by atoms with van der Waals surface area (Å²) in [6.07, 6.45) is 0. The summed E-state index contributed by atoms with van der Waals surface area (Å²) >= 11 is 0. The molecule has 0 saturated carbocycles. The third-order valence-corrected chi connectivity index (χ3v) is 7.35. The van der Waals surface area contributed by atoms with E-state index >= 15 is 0 Å². The molecule has 1 amide bonds. The molecule has 2 aromatic rings. The lowest BCUT2D eigenvalue weighted by Crippen LogP contribution is -2.50. The number of sulfonamides is 1. The number of amides is 1. The average Bonchev–Trinajstić information content (AvgIpc) is 2.83. The van der Waals surface area contributed by atoms with Crippen LogP contribution in [0.1, 0.15) is 10.4 Å². The minimum absolute atomic E-state index is 0.0335. The van der Waals surface area contributed by atoms with Gasteiger partial charge in [-0.2, -0.15) is 4.31 Å². The molecule has 0 atom stereocenters. The fourth-order valence-electron chi connectivity index (χ4n) is 3.57. The first-order chi connectivity index (χ1) is 16.2. The molecular formula is C21H25FN4O7S. The summed E-state index contributed by atoms with van der Waals surface area (Å²) in [6, 6.07) is 7.07. The molecule has 11 nitrogen and oxygen atoms in total. The maximum absolute atomic E-state index is 13.1. The van der Waals surface area contributed by atoms with E-state index in [9.17, 15) is 27.7 Å². The van der Waals surface area contributed by atoms with E-state index in [1.807, 2.05) is 4.90 Å². The van der Waals surface area contributed by atoms with Crippen LogP contribution in [0.15, 0.2) is 41.3 Å². The molecule has 1 saturated heterocycles. The van der Waals surface area contributed by atoms with Gasteiger partial charge >= 0.3 is 0 Å². The maximum Gasteiger partial charge on any atom is 0.286 e. The summed E-state index contributed by atoms with van der Waals surface area (Å²) in [7, 11) is -1.01. The first-order valence-electron chi connectivity index (χ1n) is 10.3. The third-order valence-electron chi connectivity index (χ3n) is 5.44. The first kappa shape index (κ1) is 25.3. The Balaban J connectivity index is 1.56. The van der Waals surface area contributed by atoms with Crippen LogP contribution < -0.4 is 14.8 Å². The average molecular weight is 497 g/mol. The number of carbonyl (C=O) groups is 1. The lowest BCUT2D eigenvalue weighted by molar-refractivity contribution is -0.385. The molecule has 1 heterocycles. The van der Waals surface area contributed by atoms with Crippen LogP contribution >= 0.6 is 0 Å². The van der Waals surface area contributed by atoms with Crippen LogP contribution in [0.25, 0.3) is 0 Å². The fourth-order valence-corrected chi connectivity index (χ4v) is 5.00. The van der Waals surface area contributed by atoms with E-state index in [0.717, 1.165) is 18.2 Å². The van der Waals surface area contributed by atoms with E-state index < -0.39 is 32.4 Å². The molecule has 34 heavy (non-hydrogen) atoms. The number of nitro groups is 1. The molecular weight excluding hydrogens is 471 g/mol. The maximum atomic E-state index is 13.1. The van der Waals surface area contributed by atoms with Gasteiger partial charge in [0.25, 0.3) is 11.6 Å². The van der Waals surface area contributed by atoms with E-state index in [1.54, 1.807) is 0 Å². The Hall–Kier alpha value is -3.29. The molecule has 13 heteroatoms. The highest BCUT2D eigenvalue weighted by molar-refractivity contribution is 7.89. The summed E-state index contributed by atoms with van der Waals surface area (Å²) in [5.74, 6) is -0.814. The van der Waals surface area contributed by atoms with Gasteiger partial charge in [-0.15, -0.1) is 0 Å². The van der Waals surface area contributed by atoms with E-state index in [0.29, 0.717) is 19.6 Å². The monoisotopic (exact) mass is 496 g/mol. The summed E-state index contributed by atoms with van der Waals surface area (Å²) < 4.78 is 50.0. The predicted octanol–water partition coefficient (Wildman–Crippen LogP) is 1.49. The molecule has 0 bridgehead atoms. The third kappa shape index (κ3) is 5.61. The van der Waals surface area contributed by atoms with Crippen molar-refractivity contribution in [2.75, 3.05) is 53.5 Å². The van der Waals surface area contributed by atoms with Gasteiger partial charge in [0.15, 0.2) is 11.5 Å². The molecule has 0 spiro atoms. The number of piperazine rings is 1.